The van der Waals surface area contributed by atoms with Gasteiger partial charge in [0.2, 0.25) is 0 Å². The number of para-hydroxylation sites is 1. The Hall–Kier alpha value is -2.04. The third-order valence-electron chi connectivity index (χ3n) is 2.38. The van der Waals surface area contributed by atoms with Crippen LogP contribution < -0.4 is 5.56 Å². The number of hydrogen-bond acceptors (Lipinski definition) is 1. The van der Waals surface area contributed by atoms with Crippen LogP contribution in [0.1, 0.15) is 15.2 Å². The zero-order valence-corrected chi connectivity index (χ0v) is 9.03. The fourth-order valence-electron chi connectivity index (χ4n) is 1.60. The van der Waals surface area contributed by atoms with E-state index in [2.05, 4.69) is 0 Å². The van der Waals surface area contributed by atoms with Gasteiger partial charge < -0.3 is 0 Å². The molecule has 1 aromatic heterocycles. The first-order valence-corrected chi connectivity index (χ1v) is 5.00. The van der Waals surface area contributed by atoms with Crippen LogP contribution in [0.15, 0.2) is 47.4 Å². The molecule has 1 heterocycles. The van der Waals surface area contributed by atoms with Gasteiger partial charge in [-0.15, -0.1) is 0 Å². The average Bonchev–Trinajstić information content (AvgIpc) is 2.37. The Morgan fingerprint density at radius 3 is 2.56 bits per heavy atom. The quantitative estimate of drug-likeness (QED) is 0.768. The molecule has 0 fully saturated rings. The first-order chi connectivity index (χ1) is 9.60. The molecule has 94 valence electrons. The molecule has 0 atom stereocenters. The third-order valence-corrected chi connectivity index (χ3v) is 2.38. The second-order valence-electron chi connectivity index (χ2n) is 3.64. The van der Waals surface area contributed by atoms with Gasteiger partial charge in [-0.25, -0.2) is 0 Å². The van der Waals surface area contributed by atoms with Crippen molar-refractivity contribution in [2.75, 3.05) is 0 Å². The van der Waals surface area contributed by atoms with Crippen LogP contribution in [0.2, 0.25) is 0 Å². The number of alkyl halides is 3. The monoisotopic (exact) mass is 256 g/mol. The van der Waals surface area contributed by atoms with Crippen LogP contribution >= 0.6 is 0 Å². The number of benzene rings is 1. The lowest BCUT2D eigenvalue weighted by Gasteiger charge is -2.14. The van der Waals surface area contributed by atoms with Crippen LogP contribution in [0.4, 0.5) is 13.2 Å². The van der Waals surface area contributed by atoms with E-state index in [0.717, 1.165) is 30.5 Å². The summed E-state index contributed by atoms with van der Waals surface area (Å²) >= 11 is 0. The Morgan fingerprint density at radius 1 is 1.17 bits per heavy atom. The maximum absolute atomic E-state index is 13.0. The van der Waals surface area contributed by atoms with Crippen molar-refractivity contribution in [1.29, 1.82) is 0 Å². The van der Waals surface area contributed by atoms with Crippen LogP contribution in [0.3, 0.4) is 0 Å². The second-order valence-corrected chi connectivity index (χ2v) is 3.64. The molecule has 1 aromatic carbocycles. The highest BCUT2D eigenvalue weighted by Crippen LogP contribution is 2.33. The average molecular weight is 256 g/mol. The lowest BCUT2D eigenvalue weighted by molar-refractivity contribution is -0.137. The topological polar surface area (TPSA) is 22.0 Å². The molecule has 0 saturated heterocycles. The molecule has 5 heteroatoms. The van der Waals surface area contributed by atoms with Crippen molar-refractivity contribution in [2.24, 2.45) is 0 Å². The summed E-state index contributed by atoms with van der Waals surface area (Å²) in [5.41, 5.74) is -2.35. The van der Waals surface area contributed by atoms with Gasteiger partial charge in [-0.1, -0.05) is 18.2 Å². The van der Waals surface area contributed by atoms with Gasteiger partial charge in [0.15, 0.2) is 0 Å². The Balaban J connectivity index is 2.71. The predicted molar refractivity (Wildman–Crippen MR) is 61.8 cm³/mol. The molecule has 0 N–H and O–H groups in total. The van der Waals surface area contributed by atoms with Crippen molar-refractivity contribution >= 4 is 0 Å². The molecule has 2 aromatic rings. The van der Waals surface area contributed by atoms with E-state index in [1.807, 2.05) is 0 Å². The summed E-state index contributed by atoms with van der Waals surface area (Å²) in [5.74, 6) is 0. The van der Waals surface area contributed by atoms with Crippen LogP contribution in [0.5, 0.6) is 0 Å². The Labute approximate surface area is 106 Å². The van der Waals surface area contributed by atoms with E-state index in [-0.39, 0.29) is 5.56 Å². The lowest BCUT2D eigenvalue weighted by atomic mass is 10.1. The minimum absolute atomic E-state index is 0.209. The number of rotatable bonds is 1. The van der Waals surface area contributed by atoms with Gasteiger partial charge in [0.1, 0.15) is 0 Å². The first-order valence-electron chi connectivity index (χ1n) is 6.50. The molecule has 0 saturated carbocycles. The third kappa shape index (κ3) is 2.30. The van der Waals surface area contributed by atoms with Crippen molar-refractivity contribution < 1.29 is 17.3 Å². The molecular weight excluding hydrogens is 243 g/mol. The number of halogens is 3. The molecule has 0 aliphatic heterocycles. The summed E-state index contributed by atoms with van der Waals surface area (Å²) in [6, 6.07) is 6.53. The summed E-state index contributed by atoms with van der Waals surface area (Å²) in [5, 5.41) is 0. The van der Waals surface area contributed by atoms with Crippen LogP contribution in [0.25, 0.3) is 5.69 Å². The van der Waals surface area contributed by atoms with Crippen LogP contribution in [-0.2, 0) is 6.18 Å². The summed E-state index contributed by atoms with van der Waals surface area (Å²) in [7, 11) is 0. The van der Waals surface area contributed by atoms with Crippen molar-refractivity contribution in [2.45, 2.75) is 13.0 Å². The SMILES string of the molecule is [2H]C([2H])([2H])c1ccc(=O)n(-c2ccccc2C(F)(F)F)c1. The van der Waals surface area contributed by atoms with Crippen molar-refractivity contribution in [3.8, 4) is 5.69 Å². The van der Waals surface area contributed by atoms with Gasteiger partial charge in [0.25, 0.3) is 5.56 Å². The maximum atomic E-state index is 13.0. The fourth-order valence-corrected chi connectivity index (χ4v) is 1.60. The Morgan fingerprint density at radius 2 is 1.89 bits per heavy atom. The van der Waals surface area contributed by atoms with Gasteiger partial charge in [0, 0.05) is 16.4 Å². The molecule has 0 spiro atoms. The highest BCUT2D eigenvalue weighted by Gasteiger charge is 2.33. The number of hydrogen-bond donors (Lipinski definition) is 0. The molecule has 0 amide bonds. The minimum Gasteiger partial charge on any atom is -0.283 e. The molecule has 2 rings (SSSR count). The highest BCUT2D eigenvalue weighted by molar-refractivity contribution is 5.43. The maximum Gasteiger partial charge on any atom is 0.418 e. The van der Waals surface area contributed by atoms with E-state index in [4.69, 9.17) is 4.11 Å². The van der Waals surface area contributed by atoms with Crippen LogP contribution in [-0.4, -0.2) is 4.57 Å². The minimum atomic E-state index is -4.65. The van der Waals surface area contributed by atoms with Gasteiger partial charge in [-0.2, -0.15) is 13.2 Å². The molecule has 2 nitrogen and oxygen atoms in total. The summed E-state index contributed by atoms with van der Waals surface area (Å²) in [6.45, 7) is -2.51. The standard InChI is InChI=1S/C13H10F3NO/c1-9-6-7-12(18)17(8-9)11-5-3-2-4-10(11)13(14,15)16/h2-8H,1H3/i1D3. The van der Waals surface area contributed by atoms with Crippen molar-refractivity contribution in [1.82, 2.24) is 4.57 Å². The fraction of sp³-hybridized carbons (Fsp3) is 0.154. The first kappa shape index (κ1) is 8.97. The molecule has 0 unspecified atom stereocenters. The zero-order chi connectivity index (χ0) is 15.8. The van der Waals surface area contributed by atoms with E-state index in [9.17, 15) is 18.0 Å². The molecule has 18 heavy (non-hydrogen) atoms. The van der Waals surface area contributed by atoms with Crippen LogP contribution in [0, 0.1) is 6.85 Å². The largest absolute Gasteiger partial charge is 0.418 e. The second kappa shape index (κ2) is 4.33. The highest BCUT2D eigenvalue weighted by atomic mass is 19.4. The number of aromatic nitrogens is 1. The molecule has 0 aliphatic rings. The number of nitrogens with zero attached hydrogens (tertiary/aromatic N) is 1. The van der Waals surface area contributed by atoms with Gasteiger partial charge in [0.05, 0.1) is 11.3 Å². The zero-order valence-electron chi connectivity index (χ0n) is 12.0. The lowest BCUT2D eigenvalue weighted by Crippen LogP contribution is -2.20. The molecule has 0 bridgehead atoms. The Kier molecular flexibility index (Phi) is 2.15. The molecule has 0 aliphatic carbocycles. The van der Waals surface area contributed by atoms with Crippen molar-refractivity contribution in [3.63, 3.8) is 0 Å². The number of pyridine rings is 1. The van der Waals surface area contributed by atoms with Crippen molar-refractivity contribution in [3.05, 3.63) is 64.1 Å². The molecular formula is C13H10F3NO. The van der Waals surface area contributed by atoms with Gasteiger partial charge in [-0.05, 0) is 24.5 Å². The van der Waals surface area contributed by atoms with Gasteiger partial charge >= 0.3 is 6.18 Å². The van der Waals surface area contributed by atoms with E-state index >= 15 is 0 Å². The summed E-state index contributed by atoms with van der Waals surface area (Å²) < 4.78 is 61.4. The predicted octanol–water partition coefficient (Wildman–Crippen LogP) is 3.16. The smallest absolute Gasteiger partial charge is 0.283 e. The normalized spacial score (nSPS) is 14.7. The molecule has 0 radical (unpaired) electrons. The van der Waals surface area contributed by atoms with E-state index in [0.29, 0.717) is 4.57 Å². The van der Waals surface area contributed by atoms with E-state index in [1.165, 1.54) is 12.1 Å². The Bertz CT molecular complexity index is 720. The summed E-state index contributed by atoms with van der Waals surface area (Å²) in [6.07, 6.45) is -3.73. The number of aryl methyl sites for hydroxylation is 1. The summed E-state index contributed by atoms with van der Waals surface area (Å²) in [4.78, 5) is 11.8. The van der Waals surface area contributed by atoms with E-state index < -0.39 is 29.8 Å². The van der Waals surface area contributed by atoms with E-state index in [1.54, 1.807) is 0 Å². The van der Waals surface area contributed by atoms with Gasteiger partial charge in [-0.3, -0.25) is 9.36 Å².